The standard InChI is InChI=1S/C24H40O7/c1-6-28-22(25)10-8-18-12-15(3)17(5)20(30-18)14-21-24(27)16(4)13-19(31-21)9-11-23(26)29-7-2/h15-16,18-21,24,27H,5-14H2,1-4H3/t15-,16-,18+,19+,20-,21+,24+/m1/s1. The number of ether oxygens (including phenoxy) is 4. The minimum absolute atomic E-state index is 0.0484. The number of carbonyl (C=O) groups excluding carboxylic acids is 2. The van der Waals surface area contributed by atoms with Crippen molar-refractivity contribution >= 4 is 11.9 Å². The molecular formula is C24H40O7. The van der Waals surface area contributed by atoms with E-state index < -0.39 is 6.10 Å². The van der Waals surface area contributed by atoms with Gasteiger partial charge in [-0.2, -0.15) is 0 Å². The summed E-state index contributed by atoms with van der Waals surface area (Å²) < 4.78 is 22.5. The third-order valence-electron chi connectivity index (χ3n) is 6.38. The normalized spacial score (nSPS) is 33.7. The van der Waals surface area contributed by atoms with E-state index >= 15 is 0 Å². The Hall–Kier alpha value is -1.44. The molecule has 2 aliphatic rings. The number of hydrogen-bond acceptors (Lipinski definition) is 7. The summed E-state index contributed by atoms with van der Waals surface area (Å²) in [6.45, 7) is 12.7. The van der Waals surface area contributed by atoms with Crippen LogP contribution in [-0.4, -0.2) is 60.8 Å². The van der Waals surface area contributed by atoms with Gasteiger partial charge >= 0.3 is 11.9 Å². The summed E-state index contributed by atoms with van der Waals surface area (Å²) >= 11 is 0. The molecule has 31 heavy (non-hydrogen) atoms. The second-order valence-electron chi connectivity index (χ2n) is 8.88. The zero-order valence-electron chi connectivity index (χ0n) is 19.5. The lowest BCUT2D eigenvalue weighted by molar-refractivity contribution is -0.166. The number of aliphatic hydroxyl groups is 1. The molecule has 2 saturated heterocycles. The molecule has 0 bridgehead atoms. The summed E-state index contributed by atoms with van der Waals surface area (Å²) in [5.41, 5.74) is 1.00. The molecular weight excluding hydrogens is 400 g/mol. The van der Waals surface area contributed by atoms with Crippen LogP contribution in [0.5, 0.6) is 0 Å². The Morgan fingerprint density at radius 1 is 1.00 bits per heavy atom. The Bertz CT molecular complexity index is 605. The predicted molar refractivity (Wildman–Crippen MR) is 116 cm³/mol. The first-order chi connectivity index (χ1) is 14.7. The molecule has 2 fully saturated rings. The van der Waals surface area contributed by atoms with Crippen molar-refractivity contribution in [2.45, 2.75) is 103 Å². The van der Waals surface area contributed by atoms with Gasteiger partial charge in [0.1, 0.15) is 0 Å². The van der Waals surface area contributed by atoms with Crippen LogP contribution in [0.3, 0.4) is 0 Å². The SMILES string of the molecule is C=C1[C@H](C)C[C@H](CCC(=O)OCC)O[C@@H]1C[C@@H]1O[C@@H](CCC(=O)OCC)C[C@@H](C)[C@@H]1O. The smallest absolute Gasteiger partial charge is 0.305 e. The van der Waals surface area contributed by atoms with Gasteiger partial charge in [-0.3, -0.25) is 9.59 Å². The largest absolute Gasteiger partial charge is 0.466 e. The summed E-state index contributed by atoms with van der Waals surface area (Å²) in [7, 11) is 0. The molecule has 178 valence electrons. The van der Waals surface area contributed by atoms with Crippen molar-refractivity contribution in [2.75, 3.05) is 13.2 Å². The Morgan fingerprint density at radius 2 is 1.55 bits per heavy atom. The topological polar surface area (TPSA) is 91.3 Å². The second-order valence-corrected chi connectivity index (χ2v) is 8.88. The summed E-state index contributed by atoms with van der Waals surface area (Å²) in [6, 6.07) is 0. The maximum Gasteiger partial charge on any atom is 0.305 e. The van der Waals surface area contributed by atoms with Gasteiger partial charge in [0.25, 0.3) is 0 Å². The van der Waals surface area contributed by atoms with E-state index in [9.17, 15) is 14.7 Å². The quantitative estimate of drug-likeness (QED) is 0.410. The number of esters is 2. The highest BCUT2D eigenvalue weighted by Gasteiger charge is 2.39. The van der Waals surface area contributed by atoms with Gasteiger partial charge < -0.3 is 24.1 Å². The molecule has 7 nitrogen and oxygen atoms in total. The lowest BCUT2D eigenvalue weighted by atomic mass is 9.82. The van der Waals surface area contributed by atoms with Crippen molar-refractivity contribution in [2.24, 2.45) is 11.8 Å². The molecule has 7 atom stereocenters. The highest BCUT2D eigenvalue weighted by Crippen LogP contribution is 2.36. The number of aliphatic hydroxyl groups excluding tert-OH is 1. The van der Waals surface area contributed by atoms with Crippen molar-refractivity contribution < 1.29 is 33.6 Å². The zero-order valence-corrected chi connectivity index (χ0v) is 19.5. The molecule has 1 N–H and O–H groups in total. The first-order valence-electron chi connectivity index (χ1n) is 11.7. The highest BCUT2D eigenvalue weighted by molar-refractivity contribution is 5.69. The molecule has 0 saturated carbocycles. The van der Waals surface area contributed by atoms with E-state index in [0.717, 1.165) is 12.0 Å². The van der Waals surface area contributed by atoms with E-state index in [1.807, 2.05) is 6.92 Å². The first kappa shape index (κ1) is 25.8. The minimum Gasteiger partial charge on any atom is -0.466 e. The number of rotatable bonds is 10. The maximum absolute atomic E-state index is 11.7. The summed E-state index contributed by atoms with van der Waals surface area (Å²) in [5.74, 6) is -0.0868. The fourth-order valence-electron chi connectivity index (χ4n) is 4.55. The van der Waals surface area contributed by atoms with E-state index in [4.69, 9.17) is 18.9 Å². The van der Waals surface area contributed by atoms with Gasteiger partial charge in [0, 0.05) is 19.3 Å². The molecule has 7 heteroatoms. The highest BCUT2D eigenvalue weighted by atomic mass is 16.5. The molecule has 2 rings (SSSR count). The van der Waals surface area contributed by atoms with Crippen molar-refractivity contribution in [1.29, 1.82) is 0 Å². The molecule has 0 radical (unpaired) electrons. The van der Waals surface area contributed by atoms with Crippen LogP contribution in [-0.2, 0) is 28.5 Å². The van der Waals surface area contributed by atoms with Crippen LogP contribution >= 0.6 is 0 Å². The van der Waals surface area contributed by atoms with Gasteiger partial charge in [-0.05, 0) is 56.9 Å². The van der Waals surface area contributed by atoms with E-state index in [0.29, 0.717) is 51.7 Å². The van der Waals surface area contributed by atoms with Crippen LogP contribution in [0.2, 0.25) is 0 Å². The minimum atomic E-state index is -0.592. The van der Waals surface area contributed by atoms with Crippen LogP contribution in [0.1, 0.15) is 72.6 Å². The van der Waals surface area contributed by atoms with Crippen LogP contribution in [0.15, 0.2) is 12.2 Å². The molecule has 0 unspecified atom stereocenters. The van der Waals surface area contributed by atoms with Gasteiger partial charge in [-0.15, -0.1) is 0 Å². The Balaban J connectivity index is 1.94. The lowest BCUT2D eigenvalue weighted by Gasteiger charge is -2.42. The van der Waals surface area contributed by atoms with Crippen LogP contribution in [0.25, 0.3) is 0 Å². The number of carbonyl (C=O) groups is 2. The van der Waals surface area contributed by atoms with Crippen molar-refractivity contribution in [3.63, 3.8) is 0 Å². The van der Waals surface area contributed by atoms with Crippen LogP contribution in [0, 0.1) is 11.8 Å². The molecule has 0 aromatic carbocycles. The van der Waals surface area contributed by atoms with Crippen LogP contribution in [0.4, 0.5) is 0 Å². The van der Waals surface area contributed by atoms with E-state index in [1.54, 1.807) is 13.8 Å². The first-order valence-corrected chi connectivity index (χ1v) is 11.7. The van der Waals surface area contributed by atoms with Crippen molar-refractivity contribution in [3.8, 4) is 0 Å². The van der Waals surface area contributed by atoms with Gasteiger partial charge in [-0.25, -0.2) is 0 Å². The second kappa shape index (κ2) is 12.6. The third-order valence-corrected chi connectivity index (χ3v) is 6.38. The molecule has 0 amide bonds. The molecule has 0 aromatic heterocycles. The summed E-state index contributed by atoms with van der Waals surface area (Å²) in [5, 5.41) is 10.7. The molecule has 2 heterocycles. The average molecular weight is 441 g/mol. The Morgan fingerprint density at radius 3 is 2.10 bits per heavy atom. The fraction of sp³-hybridized carbons (Fsp3) is 0.833. The van der Waals surface area contributed by atoms with E-state index in [2.05, 4.69) is 13.5 Å². The van der Waals surface area contributed by atoms with Gasteiger partial charge in [0.15, 0.2) is 0 Å². The summed E-state index contributed by atoms with van der Waals surface area (Å²) in [6.07, 6.45) is 2.54. The Kier molecular flexibility index (Phi) is 10.5. The van der Waals surface area contributed by atoms with E-state index in [-0.39, 0.29) is 48.2 Å². The van der Waals surface area contributed by atoms with Crippen molar-refractivity contribution in [1.82, 2.24) is 0 Å². The summed E-state index contributed by atoms with van der Waals surface area (Å²) in [4.78, 5) is 23.4. The molecule has 0 spiro atoms. The van der Waals surface area contributed by atoms with E-state index in [1.165, 1.54) is 0 Å². The fourth-order valence-corrected chi connectivity index (χ4v) is 4.55. The van der Waals surface area contributed by atoms with Gasteiger partial charge in [0.2, 0.25) is 0 Å². The lowest BCUT2D eigenvalue weighted by Crippen LogP contribution is -2.47. The molecule has 0 aromatic rings. The van der Waals surface area contributed by atoms with Crippen LogP contribution < -0.4 is 0 Å². The molecule has 0 aliphatic carbocycles. The van der Waals surface area contributed by atoms with Gasteiger partial charge in [0.05, 0.1) is 43.7 Å². The zero-order chi connectivity index (χ0) is 23.0. The number of hydrogen-bond donors (Lipinski definition) is 1. The monoisotopic (exact) mass is 440 g/mol. The average Bonchev–Trinajstić information content (AvgIpc) is 2.72. The van der Waals surface area contributed by atoms with Gasteiger partial charge in [-0.1, -0.05) is 20.4 Å². The third kappa shape index (κ3) is 7.88. The Labute approximate surface area is 186 Å². The van der Waals surface area contributed by atoms with Crippen molar-refractivity contribution in [3.05, 3.63) is 12.2 Å². The predicted octanol–water partition coefficient (Wildman–Crippen LogP) is 3.57. The maximum atomic E-state index is 11.7. The molecule has 2 aliphatic heterocycles.